The molecular formula is C25H50N2O. The predicted octanol–water partition coefficient (Wildman–Crippen LogP) is 7.26. The van der Waals surface area contributed by atoms with Crippen LogP contribution in [0.2, 0.25) is 0 Å². The molecule has 2 N–H and O–H groups in total. The summed E-state index contributed by atoms with van der Waals surface area (Å²) in [5, 5.41) is 6.57. The van der Waals surface area contributed by atoms with E-state index < -0.39 is 0 Å². The van der Waals surface area contributed by atoms with Gasteiger partial charge in [-0.2, -0.15) is 0 Å². The summed E-state index contributed by atoms with van der Waals surface area (Å²) < 4.78 is 0. The van der Waals surface area contributed by atoms with Crippen molar-refractivity contribution in [2.45, 2.75) is 143 Å². The van der Waals surface area contributed by atoms with Gasteiger partial charge in [0.2, 0.25) is 5.91 Å². The van der Waals surface area contributed by atoms with E-state index in [-0.39, 0.29) is 17.6 Å². The minimum atomic E-state index is 0.0248. The first-order valence-electron chi connectivity index (χ1n) is 12.1. The number of allylic oxidation sites excluding steroid dienone is 2. The molecule has 166 valence electrons. The maximum atomic E-state index is 12.1. The van der Waals surface area contributed by atoms with Crippen molar-refractivity contribution in [1.29, 1.82) is 0 Å². The number of hydrogen-bond donors (Lipinski definition) is 2. The first kappa shape index (κ1) is 27.2. The van der Waals surface area contributed by atoms with Crippen LogP contribution in [0.15, 0.2) is 12.2 Å². The van der Waals surface area contributed by atoms with Crippen molar-refractivity contribution < 1.29 is 4.79 Å². The minimum absolute atomic E-state index is 0.0248. The van der Waals surface area contributed by atoms with Crippen LogP contribution in [0.25, 0.3) is 0 Å². The fourth-order valence-corrected chi connectivity index (χ4v) is 3.39. The summed E-state index contributed by atoms with van der Waals surface area (Å²) in [5.41, 5.74) is 0.0248. The summed E-state index contributed by atoms with van der Waals surface area (Å²) in [5.74, 6) is 0.182. The Morgan fingerprint density at radius 1 is 0.786 bits per heavy atom. The Bertz CT molecular complexity index is 384. The van der Waals surface area contributed by atoms with Crippen LogP contribution in [0, 0.1) is 0 Å². The van der Waals surface area contributed by atoms with Gasteiger partial charge in [-0.3, -0.25) is 10.1 Å². The number of unbranched alkanes of at least 4 members (excludes halogenated alkanes) is 11. The first-order chi connectivity index (χ1) is 13.4. The highest BCUT2D eigenvalue weighted by molar-refractivity contribution is 5.76. The number of hydrogen-bond acceptors (Lipinski definition) is 2. The van der Waals surface area contributed by atoms with Gasteiger partial charge in [0.1, 0.15) is 0 Å². The molecule has 3 heteroatoms. The second kappa shape index (κ2) is 18.2. The highest BCUT2D eigenvalue weighted by atomic mass is 16.1. The lowest BCUT2D eigenvalue weighted by molar-refractivity contribution is -0.122. The Morgan fingerprint density at radius 3 is 1.79 bits per heavy atom. The second-order valence-electron chi connectivity index (χ2n) is 9.26. The van der Waals surface area contributed by atoms with Crippen molar-refractivity contribution in [3.8, 4) is 0 Å². The van der Waals surface area contributed by atoms with E-state index in [4.69, 9.17) is 0 Å². The zero-order chi connectivity index (χ0) is 21.1. The molecule has 0 aliphatic heterocycles. The molecule has 0 spiro atoms. The third-order valence-electron chi connectivity index (χ3n) is 5.02. The van der Waals surface area contributed by atoms with E-state index in [9.17, 15) is 4.79 Å². The van der Waals surface area contributed by atoms with Crippen LogP contribution < -0.4 is 10.6 Å². The van der Waals surface area contributed by atoms with Gasteiger partial charge in [0, 0.05) is 12.0 Å². The molecule has 0 fully saturated rings. The van der Waals surface area contributed by atoms with Gasteiger partial charge < -0.3 is 5.32 Å². The van der Waals surface area contributed by atoms with Crippen molar-refractivity contribution in [3.63, 3.8) is 0 Å². The maximum absolute atomic E-state index is 12.1. The van der Waals surface area contributed by atoms with Crippen LogP contribution in [0.3, 0.4) is 0 Å². The van der Waals surface area contributed by atoms with Gasteiger partial charge in [-0.1, -0.05) is 77.4 Å². The monoisotopic (exact) mass is 394 g/mol. The largest absolute Gasteiger partial charge is 0.341 e. The Morgan fingerprint density at radius 2 is 1.29 bits per heavy atom. The standard InChI is InChI=1S/C25H50N2O/c1-6-8-9-10-11-12-13-14-15-16-17-18-19-20-21-22-24(28)26-23(7-2)27-25(3,4)5/h14-15,23,27H,6-13,16-22H2,1-5H3,(H,26,28)/b15-14-. The molecule has 28 heavy (non-hydrogen) atoms. The van der Waals surface area contributed by atoms with Gasteiger partial charge in [-0.15, -0.1) is 0 Å². The molecule has 0 aromatic rings. The molecule has 0 saturated heterocycles. The first-order valence-corrected chi connectivity index (χ1v) is 12.1. The van der Waals surface area contributed by atoms with Crippen molar-refractivity contribution in [1.82, 2.24) is 10.6 Å². The Balaban J connectivity index is 3.47. The van der Waals surface area contributed by atoms with Crippen molar-refractivity contribution in [3.05, 3.63) is 12.2 Å². The summed E-state index contributed by atoms with van der Waals surface area (Å²) in [6.45, 7) is 10.8. The van der Waals surface area contributed by atoms with Gasteiger partial charge in [-0.25, -0.2) is 0 Å². The molecule has 1 atom stereocenters. The van der Waals surface area contributed by atoms with E-state index in [1.165, 1.54) is 77.0 Å². The number of carbonyl (C=O) groups excluding carboxylic acids is 1. The quantitative estimate of drug-likeness (QED) is 0.146. The number of amides is 1. The van der Waals surface area contributed by atoms with Crippen LogP contribution in [0.1, 0.15) is 131 Å². The van der Waals surface area contributed by atoms with Crippen LogP contribution in [-0.4, -0.2) is 17.6 Å². The fraction of sp³-hybridized carbons (Fsp3) is 0.880. The summed E-state index contributed by atoms with van der Waals surface area (Å²) in [6.07, 6.45) is 23.1. The average molecular weight is 395 g/mol. The SMILES string of the molecule is CCCCCCCC/C=C\CCCCCCCC(=O)NC(CC)NC(C)(C)C. The number of rotatable bonds is 18. The summed E-state index contributed by atoms with van der Waals surface area (Å²) in [6, 6.07) is 0. The molecule has 3 nitrogen and oxygen atoms in total. The average Bonchev–Trinajstić information content (AvgIpc) is 2.63. The van der Waals surface area contributed by atoms with Crippen LogP contribution in [0.4, 0.5) is 0 Å². The van der Waals surface area contributed by atoms with E-state index in [0.717, 1.165) is 12.8 Å². The summed E-state index contributed by atoms with van der Waals surface area (Å²) in [7, 11) is 0. The molecule has 0 radical (unpaired) electrons. The van der Waals surface area contributed by atoms with Crippen LogP contribution >= 0.6 is 0 Å². The number of carbonyl (C=O) groups is 1. The van der Waals surface area contributed by atoms with Gasteiger partial charge in [0.05, 0.1) is 6.17 Å². The molecule has 0 heterocycles. The molecular weight excluding hydrogens is 344 g/mol. The topological polar surface area (TPSA) is 41.1 Å². The van der Waals surface area contributed by atoms with E-state index >= 15 is 0 Å². The Kier molecular flexibility index (Phi) is 17.7. The van der Waals surface area contributed by atoms with Crippen molar-refractivity contribution in [2.75, 3.05) is 0 Å². The van der Waals surface area contributed by atoms with Crippen molar-refractivity contribution >= 4 is 5.91 Å². The molecule has 0 aromatic carbocycles. The van der Waals surface area contributed by atoms with Crippen LogP contribution in [0.5, 0.6) is 0 Å². The predicted molar refractivity (Wildman–Crippen MR) is 125 cm³/mol. The smallest absolute Gasteiger partial charge is 0.221 e. The van der Waals surface area contributed by atoms with Crippen molar-refractivity contribution in [2.24, 2.45) is 0 Å². The summed E-state index contributed by atoms with van der Waals surface area (Å²) >= 11 is 0. The van der Waals surface area contributed by atoms with Gasteiger partial charge in [0.15, 0.2) is 0 Å². The van der Waals surface area contributed by atoms with E-state index in [0.29, 0.717) is 6.42 Å². The minimum Gasteiger partial charge on any atom is -0.341 e. The third kappa shape index (κ3) is 19.9. The van der Waals surface area contributed by atoms with E-state index in [1.807, 2.05) is 0 Å². The molecule has 0 rings (SSSR count). The Labute approximate surface area is 176 Å². The van der Waals surface area contributed by atoms with Gasteiger partial charge >= 0.3 is 0 Å². The zero-order valence-corrected chi connectivity index (χ0v) is 19.7. The summed E-state index contributed by atoms with van der Waals surface area (Å²) in [4.78, 5) is 12.1. The third-order valence-corrected chi connectivity index (χ3v) is 5.02. The van der Waals surface area contributed by atoms with E-state index in [2.05, 4.69) is 57.4 Å². The molecule has 0 aliphatic rings. The normalized spacial score (nSPS) is 13.2. The Hall–Kier alpha value is -0.830. The molecule has 0 saturated carbocycles. The lowest BCUT2D eigenvalue weighted by atomic mass is 10.1. The lowest BCUT2D eigenvalue weighted by Gasteiger charge is -2.28. The van der Waals surface area contributed by atoms with Crippen LogP contribution in [-0.2, 0) is 4.79 Å². The lowest BCUT2D eigenvalue weighted by Crippen LogP contribution is -2.52. The molecule has 1 amide bonds. The van der Waals surface area contributed by atoms with Gasteiger partial charge in [-0.05, 0) is 59.3 Å². The van der Waals surface area contributed by atoms with E-state index in [1.54, 1.807) is 0 Å². The fourth-order valence-electron chi connectivity index (χ4n) is 3.39. The highest BCUT2D eigenvalue weighted by Gasteiger charge is 2.17. The molecule has 0 bridgehead atoms. The maximum Gasteiger partial charge on any atom is 0.221 e. The zero-order valence-electron chi connectivity index (χ0n) is 19.7. The van der Waals surface area contributed by atoms with Gasteiger partial charge in [0.25, 0.3) is 0 Å². The molecule has 1 unspecified atom stereocenters. The molecule has 0 aliphatic carbocycles. The molecule has 0 aromatic heterocycles. The second-order valence-corrected chi connectivity index (χ2v) is 9.26. The number of nitrogens with one attached hydrogen (secondary N) is 2. The highest BCUT2D eigenvalue weighted by Crippen LogP contribution is 2.10.